The van der Waals surface area contributed by atoms with E-state index in [2.05, 4.69) is 33.4 Å². The largest absolute Gasteiger partial charge is 0.457 e. The van der Waals surface area contributed by atoms with E-state index < -0.39 is 6.10 Å². The van der Waals surface area contributed by atoms with Gasteiger partial charge in [0.1, 0.15) is 6.10 Å². The Morgan fingerprint density at radius 3 is 2.59 bits per heavy atom. The van der Waals surface area contributed by atoms with E-state index in [9.17, 15) is 9.59 Å². The summed E-state index contributed by atoms with van der Waals surface area (Å²) < 4.78 is 5.68. The van der Waals surface area contributed by atoms with Crippen molar-refractivity contribution in [3.63, 3.8) is 0 Å². The van der Waals surface area contributed by atoms with Gasteiger partial charge in [0.15, 0.2) is 5.78 Å². The second-order valence-electron chi connectivity index (χ2n) is 7.02. The number of ketones is 1. The van der Waals surface area contributed by atoms with Crippen LogP contribution in [0.15, 0.2) is 35.5 Å². The lowest BCUT2D eigenvalue weighted by atomic mass is 10.0. The van der Waals surface area contributed by atoms with Gasteiger partial charge >= 0.3 is 5.97 Å². The Morgan fingerprint density at radius 2 is 2.05 bits per heavy atom. The third kappa shape index (κ3) is 2.69. The zero-order valence-corrected chi connectivity index (χ0v) is 14.2. The SMILES string of the molecule is C=CCC1=C(C)[C@@H](OC(=O)[C@H]2[C@@H](/C(C)=C/C)C2(C)C)CC1=O. The number of hydrogen-bond donors (Lipinski definition) is 0. The predicted octanol–water partition coefficient (Wildman–Crippen LogP) is 4.00. The van der Waals surface area contributed by atoms with Gasteiger partial charge in [-0.25, -0.2) is 0 Å². The van der Waals surface area contributed by atoms with Crippen LogP contribution in [-0.4, -0.2) is 17.9 Å². The number of Topliss-reactive ketones (excluding diaryl/α,β-unsaturated/α-hetero) is 1. The minimum absolute atomic E-state index is 0.0577. The van der Waals surface area contributed by atoms with Crippen molar-refractivity contribution in [3.8, 4) is 0 Å². The summed E-state index contributed by atoms with van der Waals surface area (Å²) in [5.74, 6) is 0.0498. The molecule has 0 aromatic carbocycles. The van der Waals surface area contributed by atoms with Crippen LogP contribution >= 0.6 is 0 Å². The second-order valence-corrected chi connectivity index (χ2v) is 7.02. The van der Waals surface area contributed by atoms with E-state index in [1.807, 2.05) is 13.8 Å². The fourth-order valence-corrected chi connectivity index (χ4v) is 3.73. The average Bonchev–Trinajstić information content (AvgIpc) is 2.95. The van der Waals surface area contributed by atoms with Crippen LogP contribution in [0.5, 0.6) is 0 Å². The standard InChI is InChI=1S/C19H26O3/c1-7-9-13-12(4)15(10-14(13)20)22-18(21)17-16(11(3)8-2)19(17,5)6/h7-8,15-17H,1,9-10H2,2-6H3/b11-8+/t15-,16+,17+/m0/s1. The molecule has 0 bridgehead atoms. The van der Waals surface area contributed by atoms with Crippen LogP contribution in [0.3, 0.4) is 0 Å². The number of carbonyl (C=O) groups is 2. The third-order valence-electron chi connectivity index (χ3n) is 5.30. The first kappa shape index (κ1) is 16.7. The molecule has 1 saturated carbocycles. The summed E-state index contributed by atoms with van der Waals surface area (Å²) in [4.78, 5) is 24.5. The van der Waals surface area contributed by atoms with Gasteiger partial charge in [0.25, 0.3) is 0 Å². The normalized spacial score (nSPS) is 30.5. The third-order valence-corrected chi connectivity index (χ3v) is 5.30. The first-order valence-corrected chi connectivity index (χ1v) is 7.92. The Hall–Kier alpha value is -1.64. The summed E-state index contributed by atoms with van der Waals surface area (Å²) in [7, 11) is 0. The van der Waals surface area contributed by atoms with Crippen LogP contribution in [0, 0.1) is 17.3 Å². The highest BCUT2D eigenvalue weighted by Crippen LogP contribution is 2.62. The Balaban J connectivity index is 2.08. The quantitative estimate of drug-likeness (QED) is 0.569. The highest BCUT2D eigenvalue weighted by molar-refractivity contribution is 6.00. The summed E-state index contributed by atoms with van der Waals surface area (Å²) in [5.41, 5.74) is 2.81. The van der Waals surface area contributed by atoms with Crippen LogP contribution < -0.4 is 0 Å². The summed E-state index contributed by atoms with van der Waals surface area (Å²) in [5, 5.41) is 0. The zero-order valence-electron chi connectivity index (χ0n) is 14.2. The van der Waals surface area contributed by atoms with Crippen LogP contribution in [0.25, 0.3) is 0 Å². The molecule has 0 spiro atoms. The van der Waals surface area contributed by atoms with E-state index in [4.69, 9.17) is 4.74 Å². The molecule has 3 nitrogen and oxygen atoms in total. The molecule has 2 aliphatic carbocycles. The van der Waals surface area contributed by atoms with Gasteiger partial charge in [-0.3, -0.25) is 9.59 Å². The van der Waals surface area contributed by atoms with Crippen molar-refractivity contribution >= 4 is 11.8 Å². The molecule has 120 valence electrons. The van der Waals surface area contributed by atoms with Gasteiger partial charge in [0.2, 0.25) is 0 Å². The van der Waals surface area contributed by atoms with Gasteiger partial charge in [-0.2, -0.15) is 0 Å². The lowest BCUT2D eigenvalue weighted by Gasteiger charge is -2.13. The molecular weight excluding hydrogens is 276 g/mol. The molecule has 0 aromatic rings. The van der Waals surface area contributed by atoms with Gasteiger partial charge in [0, 0.05) is 5.57 Å². The Morgan fingerprint density at radius 1 is 1.41 bits per heavy atom. The number of rotatable bonds is 5. The molecule has 0 saturated heterocycles. The van der Waals surface area contributed by atoms with Crippen molar-refractivity contribution in [1.82, 2.24) is 0 Å². The van der Waals surface area contributed by atoms with E-state index in [0.717, 1.165) is 11.1 Å². The molecular formula is C19H26O3. The smallest absolute Gasteiger partial charge is 0.310 e. The highest BCUT2D eigenvalue weighted by atomic mass is 16.5. The monoisotopic (exact) mass is 302 g/mol. The van der Waals surface area contributed by atoms with Crippen molar-refractivity contribution in [3.05, 3.63) is 35.5 Å². The first-order chi connectivity index (χ1) is 10.3. The average molecular weight is 302 g/mol. The lowest BCUT2D eigenvalue weighted by molar-refractivity contribution is -0.150. The fraction of sp³-hybridized carbons (Fsp3) is 0.579. The van der Waals surface area contributed by atoms with Gasteiger partial charge in [-0.15, -0.1) is 6.58 Å². The van der Waals surface area contributed by atoms with Gasteiger partial charge < -0.3 is 4.74 Å². The Kier molecular flexibility index (Phi) is 4.46. The van der Waals surface area contributed by atoms with E-state index in [1.54, 1.807) is 6.08 Å². The van der Waals surface area contributed by atoms with Crippen molar-refractivity contribution in [2.45, 2.75) is 53.6 Å². The lowest BCUT2D eigenvalue weighted by Crippen LogP contribution is -2.20. The van der Waals surface area contributed by atoms with Crippen LogP contribution in [-0.2, 0) is 14.3 Å². The van der Waals surface area contributed by atoms with E-state index in [0.29, 0.717) is 6.42 Å². The topological polar surface area (TPSA) is 43.4 Å². The molecule has 0 heterocycles. The van der Waals surface area contributed by atoms with E-state index >= 15 is 0 Å². The van der Waals surface area contributed by atoms with E-state index in [-0.39, 0.29) is 35.4 Å². The van der Waals surface area contributed by atoms with Crippen molar-refractivity contribution in [2.24, 2.45) is 17.3 Å². The minimum Gasteiger partial charge on any atom is -0.457 e. The summed E-state index contributed by atoms with van der Waals surface area (Å²) in [6.07, 6.45) is 4.22. The van der Waals surface area contributed by atoms with Crippen LogP contribution in [0.2, 0.25) is 0 Å². The molecule has 0 aromatic heterocycles. The maximum Gasteiger partial charge on any atom is 0.310 e. The van der Waals surface area contributed by atoms with Gasteiger partial charge in [-0.1, -0.05) is 31.6 Å². The summed E-state index contributed by atoms with van der Waals surface area (Å²) in [6.45, 7) is 13.8. The highest BCUT2D eigenvalue weighted by Gasteiger charge is 2.63. The molecule has 0 aliphatic heterocycles. The molecule has 0 amide bonds. The number of esters is 1. The zero-order chi connectivity index (χ0) is 16.7. The number of carbonyl (C=O) groups excluding carboxylic acids is 2. The second kappa shape index (κ2) is 5.86. The predicted molar refractivity (Wildman–Crippen MR) is 87.2 cm³/mol. The van der Waals surface area contributed by atoms with Crippen molar-refractivity contribution in [1.29, 1.82) is 0 Å². The minimum atomic E-state index is -0.391. The number of allylic oxidation sites excluding steroid dienone is 4. The number of hydrogen-bond acceptors (Lipinski definition) is 3. The molecule has 2 aliphatic rings. The molecule has 3 heteroatoms. The van der Waals surface area contributed by atoms with E-state index in [1.165, 1.54) is 5.57 Å². The maximum absolute atomic E-state index is 12.5. The molecule has 22 heavy (non-hydrogen) atoms. The summed E-state index contributed by atoms with van der Waals surface area (Å²) >= 11 is 0. The first-order valence-electron chi connectivity index (χ1n) is 7.92. The molecule has 1 fully saturated rings. The molecule has 2 rings (SSSR count). The van der Waals surface area contributed by atoms with Crippen LogP contribution in [0.4, 0.5) is 0 Å². The maximum atomic E-state index is 12.5. The molecule has 0 N–H and O–H groups in total. The summed E-state index contributed by atoms with van der Waals surface area (Å²) in [6, 6.07) is 0. The molecule has 0 radical (unpaired) electrons. The molecule has 0 unspecified atom stereocenters. The Labute approximate surface area is 133 Å². The van der Waals surface area contributed by atoms with Crippen molar-refractivity contribution in [2.75, 3.05) is 0 Å². The van der Waals surface area contributed by atoms with Gasteiger partial charge in [-0.05, 0) is 44.1 Å². The Bertz CT molecular complexity index is 577. The molecule has 3 atom stereocenters. The van der Waals surface area contributed by atoms with Crippen molar-refractivity contribution < 1.29 is 14.3 Å². The fourth-order valence-electron chi connectivity index (χ4n) is 3.73. The van der Waals surface area contributed by atoms with Crippen LogP contribution in [0.1, 0.15) is 47.5 Å². The number of ether oxygens (including phenoxy) is 1. The van der Waals surface area contributed by atoms with Gasteiger partial charge in [0.05, 0.1) is 12.3 Å².